The van der Waals surface area contributed by atoms with Crippen LogP contribution >= 0.6 is 0 Å². The van der Waals surface area contributed by atoms with Gasteiger partial charge in [0.25, 0.3) is 0 Å². The zero-order chi connectivity index (χ0) is 17.5. The zero-order valence-electron chi connectivity index (χ0n) is 15.3. The summed E-state index contributed by atoms with van der Waals surface area (Å²) in [6, 6.07) is 4.81. The summed E-state index contributed by atoms with van der Waals surface area (Å²) in [5.41, 5.74) is 1.10. The van der Waals surface area contributed by atoms with Crippen LogP contribution in [0, 0.1) is 5.92 Å². The Morgan fingerprint density at radius 3 is 2.68 bits per heavy atom. The standard InChI is InChI=1S/C21H31N3O/c1-2-6-21(25)24(17-19-7-5-12-22-15-19)16-18-10-13-23(14-11-18)20-8-3-4-9-20/h2,5,7,12,15,18,20H,1,3-4,6,8-11,13-14,16-17H2. The van der Waals surface area contributed by atoms with Crippen molar-refractivity contribution < 1.29 is 4.79 Å². The monoisotopic (exact) mass is 341 g/mol. The van der Waals surface area contributed by atoms with Gasteiger partial charge in [-0.05, 0) is 56.3 Å². The van der Waals surface area contributed by atoms with E-state index < -0.39 is 0 Å². The first-order valence-electron chi connectivity index (χ1n) is 9.78. The van der Waals surface area contributed by atoms with Crippen LogP contribution in [0.2, 0.25) is 0 Å². The molecule has 4 nitrogen and oxygen atoms in total. The molecule has 2 fully saturated rings. The van der Waals surface area contributed by atoms with Crippen molar-refractivity contribution in [2.24, 2.45) is 5.92 Å². The number of carbonyl (C=O) groups excluding carboxylic acids is 1. The summed E-state index contributed by atoms with van der Waals surface area (Å²) in [6.07, 6.45) is 13.8. The highest BCUT2D eigenvalue weighted by Gasteiger charge is 2.28. The molecule has 1 amide bonds. The molecule has 4 heteroatoms. The van der Waals surface area contributed by atoms with E-state index in [-0.39, 0.29) is 5.91 Å². The first-order valence-corrected chi connectivity index (χ1v) is 9.78. The summed E-state index contributed by atoms with van der Waals surface area (Å²) in [7, 11) is 0. The third-order valence-electron chi connectivity index (χ3n) is 5.74. The fraction of sp³-hybridized carbons (Fsp3) is 0.619. The second-order valence-electron chi connectivity index (χ2n) is 7.55. The first kappa shape index (κ1) is 18.1. The highest BCUT2D eigenvalue weighted by molar-refractivity contribution is 5.77. The van der Waals surface area contributed by atoms with Crippen molar-refractivity contribution in [3.05, 3.63) is 42.7 Å². The lowest BCUT2D eigenvalue weighted by molar-refractivity contribution is -0.131. The van der Waals surface area contributed by atoms with E-state index in [4.69, 9.17) is 0 Å². The van der Waals surface area contributed by atoms with Crippen LogP contribution in [0.5, 0.6) is 0 Å². The molecule has 1 saturated carbocycles. The normalized spacial score (nSPS) is 19.8. The molecule has 0 atom stereocenters. The second-order valence-corrected chi connectivity index (χ2v) is 7.55. The Kier molecular flexibility index (Phi) is 6.62. The minimum absolute atomic E-state index is 0.178. The Labute approximate surface area is 151 Å². The summed E-state index contributed by atoms with van der Waals surface area (Å²) in [6.45, 7) is 7.64. The van der Waals surface area contributed by atoms with Crippen molar-refractivity contribution in [1.29, 1.82) is 0 Å². The number of carbonyl (C=O) groups is 1. The molecule has 2 heterocycles. The van der Waals surface area contributed by atoms with Crippen molar-refractivity contribution in [2.45, 2.75) is 57.5 Å². The molecule has 136 valence electrons. The van der Waals surface area contributed by atoms with E-state index in [0.29, 0.717) is 18.9 Å². The van der Waals surface area contributed by atoms with Crippen molar-refractivity contribution in [3.8, 4) is 0 Å². The molecule has 0 unspecified atom stereocenters. The maximum Gasteiger partial charge on any atom is 0.226 e. The molecule has 0 bridgehead atoms. The third kappa shape index (κ3) is 5.15. The molecular formula is C21H31N3O. The van der Waals surface area contributed by atoms with Crippen LogP contribution in [0.1, 0.15) is 50.5 Å². The van der Waals surface area contributed by atoms with Crippen LogP contribution in [-0.2, 0) is 11.3 Å². The summed E-state index contributed by atoms with van der Waals surface area (Å²) in [5.74, 6) is 0.792. The van der Waals surface area contributed by atoms with Gasteiger partial charge in [0.2, 0.25) is 5.91 Å². The zero-order valence-corrected chi connectivity index (χ0v) is 15.3. The Hall–Kier alpha value is -1.68. The number of rotatable bonds is 7. The van der Waals surface area contributed by atoms with Crippen molar-refractivity contribution >= 4 is 5.91 Å². The molecule has 1 aliphatic carbocycles. The van der Waals surface area contributed by atoms with E-state index in [9.17, 15) is 4.79 Å². The van der Waals surface area contributed by atoms with Gasteiger partial charge in [-0.1, -0.05) is 25.0 Å². The molecule has 0 N–H and O–H groups in total. The van der Waals surface area contributed by atoms with E-state index in [1.165, 1.54) is 51.6 Å². The van der Waals surface area contributed by atoms with Gasteiger partial charge in [0.15, 0.2) is 0 Å². The maximum absolute atomic E-state index is 12.5. The van der Waals surface area contributed by atoms with Crippen molar-refractivity contribution in [2.75, 3.05) is 19.6 Å². The van der Waals surface area contributed by atoms with Gasteiger partial charge in [-0.25, -0.2) is 0 Å². The third-order valence-corrected chi connectivity index (χ3v) is 5.74. The predicted molar refractivity (Wildman–Crippen MR) is 101 cm³/mol. The predicted octanol–water partition coefficient (Wildman–Crippen LogP) is 3.64. The number of piperidine rings is 1. The molecule has 3 rings (SSSR count). The van der Waals surface area contributed by atoms with Gasteiger partial charge in [0, 0.05) is 37.9 Å². The molecule has 1 aromatic rings. The average molecular weight is 341 g/mol. The van der Waals surface area contributed by atoms with E-state index >= 15 is 0 Å². The van der Waals surface area contributed by atoms with E-state index in [2.05, 4.69) is 16.5 Å². The lowest BCUT2D eigenvalue weighted by Crippen LogP contribution is -2.43. The number of pyridine rings is 1. The molecule has 0 spiro atoms. The smallest absolute Gasteiger partial charge is 0.226 e. The molecule has 1 saturated heterocycles. The number of aromatic nitrogens is 1. The highest BCUT2D eigenvalue weighted by Crippen LogP contribution is 2.28. The van der Waals surface area contributed by atoms with Gasteiger partial charge in [-0.3, -0.25) is 9.78 Å². The summed E-state index contributed by atoms with van der Waals surface area (Å²) in [5, 5.41) is 0. The van der Waals surface area contributed by atoms with Crippen LogP contribution in [0.15, 0.2) is 37.2 Å². The lowest BCUT2D eigenvalue weighted by atomic mass is 9.94. The fourth-order valence-corrected chi connectivity index (χ4v) is 4.30. The van der Waals surface area contributed by atoms with Crippen LogP contribution in [0.4, 0.5) is 0 Å². The number of likely N-dealkylation sites (tertiary alicyclic amines) is 1. The van der Waals surface area contributed by atoms with Crippen LogP contribution in [0.25, 0.3) is 0 Å². The van der Waals surface area contributed by atoms with E-state index in [1.54, 1.807) is 12.3 Å². The average Bonchev–Trinajstić information content (AvgIpc) is 3.17. The van der Waals surface area contributed by atoms with Crippen LogP contribution in [-0.4, -0.2) is 46.4 Å². The molecule has 2 aliphatic rings. The quantitative estimate of drug-likeness (QED) is 0.711. The van der Waals surface area contributed by atoms with E-state index in [1.807, 2.05) is 23.2 Å². The highest BCUT2D eigenvalue weighted by atomic mass is 16.2. The Balaban J connectivity index is 1.54. The van der Waals surface area contributed by atoms with Gasteiger partial charge in [0.1, 0.15) is 0 Å². The topological polar surface area (TPSA) is 36.4 Å². The molecule has 25 heavy (non-hydrogen) atoms. The fourth-order valence-electron chi connectivity index (χ4n) is 4.30. The number of hydrogen-bond acceptors (Lipinski definition) is 3. The van der Waals surface area contributed by atoms with Crippen molar-refractivity contribution in [3.63, 3.8) is 0 Å². The second kappa shape index (κ2) is 9.14. The maximum atomic E-state index is 12.5. The van der Waals surface area contributed by atoms with Gasteiger partial charge < -0.3 is 9.80 Å². The number of amides is 1. The SMILES string of the molecule is C=CCC(=O)N(Cc1cccnc1)CC1CCN(C2CCCC2)CC1. The Morgan fingerprint density at radius 1 is 1.28 bits per heavy atom. The molecule has 1 aliphatic heterocycles. The van der Waals surface area contributed by atoms with Crippen LogP contribution < -0.4 is 0 Å². The molecule has 1 aromatic heterocycles. The minimum Gasteiger partial charge on any atom is -0.338 e. The van der Waals surface area contributed by atoms with Crippen molar-refractivity contribution in [1.82, 2.24) is 14.8 Å². The molecule has 0 aromatic carbocycles. The molecule has 0 radical (unpaired) electrons. The largest absolute Gasteiger partial charge is 0.338 e. The number of hydrogen-bond donors (Lipinski definition) is 0. The van der Waals surface area contributed by atoms with Gasteiger partial charge in [0.05, 0.1) is 0 Å². The Bertz CT molecular complexity index is 546. The number of nitrogens with zero attached hydrogens (tertiary/aromatic N) is 3. The summed E-state index contributed by atoms with van der Waals surface area (Å²) < 4.78 is 0. The van der Waals surface area contributed by atoms with Crippen LogP contribution in [0.3, 0.4) is 0 Å². The minimum atomic E-state index is 0.178. The summed E-state index contributed by atoms with van der Waals surface area (Å²) in [4.78, 5) is 21.4. The summed E-state index contributed by atoms with van der Waals surface area (Å²) >= 11 is 0. The first-order chi connectivity index (χ1) is 12.3. The van der Waals surface area contributed by atoms with Gasteiger partial charge in [-0.2, -0.15) is 0 Å². The van der Waals surface area contributed by atoms with Gasteiger partial charge >= 0.3 is 0 Å². The molecular weight excluding hydrogens is 310 g/mol. The Morgan fingerprint density at radius 2 is 2.04 bits per heavy atom. The lowest BCUT2D eigenvalue weighted by Gasteiger charge is -2.37. The van der Waals surface area contributed by atoms with E-state index in [0.717, 1.165) is 18.2 Å². The van der Waals surface area contributed by atoms with Gasteiger partial charge in [-0.15, -0.1) is 6.58 Å².